The van der Waals surface area contributed by atoms with Crippen LogP contribution in [0.2, 0.25) is 5.02 Å². The van der Waals surface area contributed by atoms with Crippen molar-refractivity contribution >= 4 is 29.2 Å². The van der Waals surface area contributed by atoms with Crippen LogP contribution in [0.1, 0.15) is 42.1 Å². The molecule has 5 nitrogen and oxygen atoms in total. The lowest BCUT2D eigenvalue weighted by molar-refractivity contribution is -0.132. The average Bonchev–Trinajstić information content (AvgIpc) is 2.66. The van der Waals surface area contributed by atoms with E-state index < -0.39 is 5.97 Å². The Balaban J connectivity index is 1.61. The van der Waals surface area contributed by atoms with Crippen molar-refractivity contribution in [3.05, 3.63) is 64.7 Å². The van der Waals surface area contributed by atoms with Crippen molar-refractivity contribution in [2.24, 2.45) is 5.41 Å². The molecule has 6 heteroatoms. The van der Waals surface area contributed by atoms with E-state index in [4.69, 9.17) is 16.7 Å². The fraction of sp³-hybridized carbons (Fsp3) is 0.364. The molecular formula is C22H25ClN2O3. The molecule has 0 aliphatic carbocycles. The molecule has 0 spiro atoms. The van der Waals surface area contributed by atoms with Gasteiger partial charge in [-0.25, -0.2) is 4.79 Å². The Kier molecular flexibility index (Phi) is 5.94. The Hall–Kier alpha value is -2.53. The molecule has 0 bridgehead atoms. The van der Waals surface area contributed by atoms with Crippen molar-refractivity contribution in [1.82, 2.24) is 4.90 Å². The first-order chi connectivity index (χ1) is 13.3. The Labute approximate surface area is 170 Å². The third-order valence-corrected chi connectivity index (χ3v) is 5.66. The van der Waals surface area contributed by atoms with Crippen LogP contribution in [0, 0.1) is 5.41 Å². The first kappa shape index (κ1) is 20.2. The number of benzene rings is 2. The summed E-state index contributed by atoms with van der Waals surface area (Å²) in [4.78, 5) is 25.7. The van der Waals surface area contributed by atoms with Crippen molar-refractivity contribution < 1.29 is 14.7 Å². The largest absolute Gasteiger partial charge is 0.478 e. The van der Waals surface area contributed by atoms with Crippen LogP contribution in [0.15, 0.2) is 48.5 Å². The van der Waals surface area contributed by atoms with Crippen LogP contribution in [0.5, 0.6) is 0 Å². The number of halogens is 1. The van der Waals surface area contributed by atoms with Crippen molar-refractivity contribution in [2.75, 3.05) is 25.0 Å². The van der Waals surface area contributed by atoms with E-state index in [-0.39, 0.29) is 23.4 Å². The van der Waals surface area contributed by atoms with E-state index in [1.54, 1.807) is 12.1 Å². The molecule has 2 aromatic rings. The molecule has 1 fully saturated rings. The predicted molar refractivity (Wildman–Crippen MR) is 111 cm³/mol. The lowest BCUT2D eigenvalue weighted by Crippen LogP contribution is -2.48. The number of carbonyl (C=O) groups excluding carboxylic acids is 1. The zero-order valence-electron chi connectivity index (χ0n) is 16.1. The molecule has 0 aromatic heterocycles. The molecule has 148 valence electrons. The average molecular weight is 401 g/mol. The number of aromatic carboxylic acids is 1. The first-order valence-corrected chi connectivity index (χ1v) is 9.74. The summed E-state index contributed by atoms with van der Waals surface area (Å²) in [5.74, 6) is -0.599. The highest BCUT2D eigenvalue weighted by atomic mass is 35.5. The topological polar surface area (TPSA) is 69.6 Å². The molecule has 28 heavy (non-hydrogen) atoms. The van der Waals surface area contributed by atoms with E-state index in [0.29, 0.717) is 24.7 Å². The number of nitrogens with one attached hydrogen (secondary N) is 1. The second-order valence-electron chi connectivity index (χ2n) is 7.94. The molecule has 1 amide bonds. The lowest BCUT2D eigenvalue weighted by Gasteiger charge is -2.44. The summed E-state index contributed by atoms with van der Waals surface area (Å²) < 4.78 is 0. The summed E-state index contributed by atoms with van der Waals surface area (Å²) in [5, 5.41) is 12.8. The molecule has 1 saturated heterocycles. The van der Waals surface area contributed by atoms with Gasteiger partial charge >= 0.3 is 5.97 Å². The molecule has 1 heterocycles. The van der Waals surface area contributed by atoms with Crippen LogP contribution >= 0.6 is 11.6 Å². The molecule has 2 N–H and O–H groups in total. The van der Waals surface area contributed by atoms with Gasteiger partial charge in [0.1, 0.15) is 0 Å². The van der Waals surface area contributed by atoms with Crippen LogP contribution < -0.4 is 5.32 Å². The number of carboxylic acids is 1. The fourth-order valence-corrected chi connectivity index (χ4v) is 4.06. The number of carboxylic acid groups (broad SMARTS) is 1. The Bertz CT molecular complexity index is 864. The Morgan fingerprint density at radius 3 is 2.57 bits per heavy atom. The summed E-state index contributed by atoms with van der Waals surface area (Å²) in [5.41, 5.74) is 2.03. The molecule has 2 aromatic carbocycles. The highest BCUT2D eigenvalue weighted by Crippen LogP contribution is 2.42. The monoisotopic (exact) mass is 400 g/mol. The lowest BCUT2D eigenvalue weighted by atomic mass is 9.70. The van der Waals surface area contributed by atoms with Crippen LogP contribution in [-0.2, 0) is 4.79 Å². The van der Waals surface area contributed by atoms with Gasteiger partial charge in [0.2, 0.25) is 5.91 Å². The maximum atomic E-state index is 12.7. The molecule has 1 atom stereocenters. The normalized spacial score (nSPS) is 18.5. The van der Waals surface area contributed by atoms with Gasteiger partial charge in [-0.3, -0.25) is 4.79 Å². The van der Waals surface area contributed by atoms with Gasteiger partial charge in [-0.05, 0) is 53.6 Å². The predicted octanol–water partition coefficient (Wildman–Crippen LogP) is 4.49. The molecule has 1 unspecified atom stereocenters. The number of amides is 1. The standard InChI is InChI=1S/C22H25ClN2O3/c1-22(2)14-25(11-10-19(22)15-6-8-17(23)9-7-15)20(26)13-24-18-5-3-4-16(12-18)21(27)28/h3-9,12,19,24H,10-11,13-14H2,1-2H3,(H,27,28). The molecule has 1 aliphatic heterocycles. The third kappa shape index (κ3) is 4.65. The maximum absolute atomic E-state index is 12.7. The van der Waals surface area contributed by atoms with E-state index in [1.165, 1.54) is 17.7 Å². The van der Waals surface area contributed by atoms with E-state index in [0.717, 1.165) is 11.4 Å². The minimum atomic E-state index is -0.985. The minimum Gasteiger partial charge on any atom is -0.478 e. The number of anilines is 1. The smallest absolute Gasteiger partial charge is 0.335 e. The highest BCUT2D eigenvalue weighted by Gasteiger charge is 2.38. The molecule has 0 saturated carbocycles. The number of hydrogen-bond acceptors (Lipinski definition) is 3. The number of piperidine rings is 1. The van der Waals surface area contributed by atoms with Gasteiger partial charge in [-0.2, -0.15) is 0 Å². The van der Waals surface area contributed by atoms with E-state index in [2.05, 4.69) is 31.3 Å². The van der Waals surface area contributed by atoms with E-state index >= 15 is 0 Å². The van der Waals surface area contributed by atoms with Gasteiger partial charge in [-0.15, -0.1) is 0 Å². The van der Waals surface area contributed by atoms with Crippen molar-refractivity contribution in [2.45, 2.75) is 26.2 Å². The summed E-state index contributed by atoms with van der Waals surface area (Å²) >= 11 is 6.01. The van der Waals surface area contributed by atoms with Gasteiger partial charge in [0.15, 0.2) is 0 Å². The number of hydrogen-bond donors (Lipinski definition) is 2. The number of nitrogens with zero attached hydrogens (tertiary/aromatic N) is 1. The number of carbonyl (C=O) groups is 2. The summed E-state index contributed by atoms with van der Waals surface area (Å²) in [6, 6.07) is 14.5. The first-order valence-electron chi connectivity index (χ1n) is 9.37. The summed E-state index contributed by atoms with van der Waals surface area (Å²) in [6.07, 6.45) is 0.898. The van der Waals surface area contributed by atoms with Gasteiger partial charge in [0.05, 0.1) is 12.1 Å². The van der Waals surface area contributed by atoms with Crippen molar-refractivity contribution in [3.8, 4) is 0 Å². The van der Waals surface area contributed by atoms with Crippen molar-refractivity contribution in [3.63, 3.8) is 0 Å². The van der Waals surface area contributed by atoms with Gasteiger partial charge in [0, 0.05) is 23.8 Å². The quantitative estimate of drug-likeness (QED) is 0.775. The Morgan fingerprint density at radius 2 is 1.93 bits per heavy atom. The zero-order chi connectivity index (χ0) is 20.3. The molecular weight excluding hydrogens is 376 g/mol. The van der Waals surface area contributed by atoms with Crippen LogP contribution in [-0.4, -0.2) is 41.5 Å². The van der Waals surface area contributed by atoms with Gasteiger partial charge in [0.25, 0.3) is 0 Å². The number of likely N-dealkylation sites (tertiary alicyclic amines) is 1. The number of rotatable bonds is 5. The molecule has 1 aliphatic rings. The second kappa shape index (κ2) is 8.23. The molecule has 0 radical (unpaired) electrons. The van der Waals surface area contributed by atoms with Crippen LogP contribution in [0.25, 0.3) is 0 Å². The SMILES string of the molecule is CC1(C)CN(C(=O)CNc2cccc(C(=O)O)c2)CCC1c1ccc(Cl)cc1. The van der Waals surface area contributed by atoms with Crippen molar-refractivity contribution in [1.29, 1.82) is 0 Å². The zero-order valence-corrected chi connectivity index (χ0v) is 16.9. The van der Waals surface area contributed by atoms with E-state index in [1.807, 2.05) is 17.0 Å². The minimum absolute atomic E-state index is 0.0170. The van der Waals surface area contributed by atoms with Crippen LogP contribution in [0.3, 0.4) is 0 Å². The van der Waals surface area contributed by atoms with Crippen LogP contribution in [0.4, 0.5) is 5.69 Å². The maximum Gasteiger partial charge on any atom is 0.335 e. The highest BCUT2D eigenvalue weighted by molar-refractivity contribution is 6.30. The second-order valence-corrected chi connectivity index (χ2v) is 8.37. The van der Waals surface area contributed by atoms with Gasteiger partial charge in [-0.1, -0.05) is 43.6 Å². The Morgan fingerprint density at radius 1 is 1.21 bits per heavy atom. The van der Waals surface area contributed by atoms with Gasteiger partial charge < -0.3 is 15.3 Å². The fourth-order valence-electron chi connectivity index (χ4n) is 3.93. The molecule has 3 rings (SSSR count). The van der Waals surface area contributed by atoms with E-state index in [9.17, 15) is 9.59 Å². The summed E-state index contributed by atoms with van der Waals surface area (Å²) in [7, 11) is 0. The third-order valence-electron chi connectivity index (χ3n) is 5.41. The summed E-state index contributed by atoms with van der Waals surface area (Å²) in [6.45, 7) is 5.90.